The molecule has 0 bridgehead atoms. The van der Waals surface area contributed by atoms with Crippen molar-refractivity contribution in [2.75, 3.05) is 0 Å². The molecule has 2 heterocycles. The van der Waals surface area contributed by atoms with Crippen molar-refractivity contribution in [1.29, 1.82) is 5.26 Å². The zero-order valence-corrected chi connectivity index (χ0v) is 15.3. The van der Waals surface area contributed by atoms with Gasteiger partial charge in [0.1, 0.15) is 11.1 Å². The lowest BCUT2D eigenvalue weighted by Crippen LogP contribution is -2.05. The van der Waals surface area contributed by atoms with Crippen molar-refractivity contribution in [3.05, 3.63) is 53.3 Å². The molecule has 3 aromatic rings. The lowest BCUT2D eigenvalue weighted by molar-refractivity contribution is 0.784. The third kappa shape index (κ3) is 3.28. The van der Waals surface area contributed by atoms with Crippen LogP contribution in [0.5, 0.6) is 0 Å². The molecule has 0 aliphatic rings. The molecule has 0 radical (unpaired) electrons. The van der Waals surface area contributed by atoms with Crippen molar-refractivity contribution in [1.82, 2.24) is 19.7 Å². The van der Waals surface area contributed by atoms with Crippen LogP contribution in [-0.4, -0.2) is 19.7 Å². The number of hydrogen-bond acceptors (Lipinski definition) is 5. The first-order chi connectivity index (χ1) is 12.2. The van der Waals surface area contributed by atoms with E-state index in [1.54, 1.807) is 0 Å². The molecule has 0 saturated heterocycles. The van der Waals surface area contributed by atoms with Gasteiger partial charge < -0.3 is 4.57 Å². The predicted octanol–water partition coefficient (Wildman–Crippen LogP) is 4.02. The van der Waals surface area contributed by atoms with Crippen molar-refractivity contribution >= 4 is 11.8 Å². The van der Waals surface area contributed by atoms with Gasteiger partial charge in [0.05, 0.1) is 23.1 Å². The lowest BCUT2D eigenvalue weighted by atomic mass is 10.1. The lowest BCUT2D eigenvalue weighted by Gasteiger charge is -2.10. The van der Waals surface area contributed by atoms with Crippen molar-refractivity contribution in [3.63, 3.8) is 0 Å². The van der Waals surface area contributed by atoms with Crippen LogP contribution in [0.4, 0.5) is 0 Å². The second-order valence-corrected chi connectivity index (χ2v) is 6.53. The van der Waals surface area contributed by atoms with Crippen LogP contribution in [0.3, 0.4) is 0 Å². The summed E-state index contributed by atoms with van der Waals surface area (Å²) in [4.78, 5) is 4.51. The molecule has 126 valence electrons. The van der Waals surface area contributed by atoms with Crippen LogP contribution >= 0.6 is 11.8 Å². The quantitative estimate of drug-likeness (QED) is 0.696. The predicted molar refractivity (Wildman–Crippen MR) is 98.3 cm³/mol. The van der Waals surface area contributed by atoms with Crippen LogP contribution in [0.2, 0.25) is 0 Å². The standard InChI is InChI=1S/C19H19N5S/c1-4-14-15(11-20)18(23-22-16(14)5-2)25-19-21-12-17(24(19)3)13-9-7-6-8-10-13/h6-10,12H,4-5H2,1-3H3. The van der Waals surface area contributed by atoms with Crippen LogP contribution in [0.15, 0.2) is 46.7 Å². The normalized spacial score (nSPS) is 10.6. The van der Waals surface area contributed by atoms with Crippen molar-refractivity contribution < 1.29 is 0 Å². The van der Waals surface area contributed by atoms with Gasteiger partial charge in [0, 0.05) is 7.05 Å². The van der Waals surface area contributed by atoms with E-state index in [-0.39, 0.29) is 0 Å². The summed E-state index contributed by atoms with van der Waals surface area (Å²) in [7, 11) is 1.97. The van der Waals surface area contributed by atoms with E-state index in [4.69, 9.17) is 0 Å². The molecule has 6 heteroatoms. The second kappa shape index (κ2) is 7.49. The third-order valence-corrected chi connectivity index (χ3v) is 5.17. The largest absolute Gasteiger partial charge is 0.322 e. The zero-order valence-electron chi connectivity index (χ0n) is 14.5. The van der Waals surface area contributed by atoms with Gasteiger partial charge in [0.25, 0.3) is 0 Å². The maximum atomic E-state index is 9.62. The Hall–Kier alpha value is -2.65. The number of nitrogens with zero attached hydrogens (tertiary/aromatic N) is 5. The average Bonchev–Trinajstić information content (AvgIpc) is 3.02. The minimum Gasteiger partial charge on any atom is -0.322 e. The molecule has 0 N–H and O–H groups in total. The minimum absolute atomic E-state index is 0.614. The SMILES string of the molecule is CCc1nnc(Sc2ncc(-c3ccccc3)n2C)c(C#N)c1CC. The monoisotopic (exact) mass is 349 g/mol. The highest BCUT2D eigenvalue weighted by Crippen LogP contribution is 2.32. The number of aryl methyl sites for hydroxylation is 1. The highest BCUT2D eigenvalue weighted by atomic mass is 32.2. The van der Waals surface area contributed by atoms with Crippen molar-refractivity contribution in [2.24, 2.45) is 7.05 Å². The summed E-state index contributed by atoms with van der Waals surface area (Å²) in [6, 6.07) is 12.4. The van der Waals surface area contributed by atoms with E-state index < -0.39 is 0 Å². The van der Waals surface area contributed by atoms with Crippen LogP contribution in [0, 0.1) is 11.3 Å². The average molecular weight is 349 g/mol. The molecule has 5 nitrogen and oxygen atoms in total. The summed E-state index contributed by atoms with van der Waals surface area (Å²) < 4.78 is 2.02. The van der Waals surface area contributed by atoms with E-state index >= 15 is 0 Å². The molecule has 0 spiro atoms. The number of rotatable bonds is 5. The summed E-state index contributed by atoms with van der Waals surface area (Å²) in [6.07, 6.45) is 3.39. The number of nitriles is 1. The number of benzene rings is 1. The number of imidazole rings is 1. The van der Waals surface area contributed by atoms with Gasteiger partial charge in [0.2, 0.25) is 0 Å². The van der Waals surface area contributed by atoms with Crippen molar-refractivity contribution in [2.45, 2.75) is 36.9 Å². The van der Waals surface area contributed by atoms with E-state index in [2.05, 4.69) is 33.4 Å². The summed E-state index contributed by atoms with van der Waals surface area (Å²) in [5.41, 5.74) is 4.62. The van der Waals surface area contributed by atoms with Crippen LogP contribution in [0.1, 0.15) is 30.7 Å². The Morgan fingerprint density at radius 2 is 1.88 bits per heavy atom. The maximum Gasteiger partial charge on any atom is 0.174 e. The molecule has 0 fully saturated rings. The molecular weight excluding hydrogens is 330 g/mol. The van der Waals surface area contributed by atoms with E-state index in [1.807, 2.05) is 49.9 Å². The van der Waals surface area contributed by atoms with Gasteiger partial charge in [-0.15, -0.1) is 5.10 Å². The summed E-state index contributed by atoms with van der Waals surface area (Å²) in [6.45, 7) is 4.07. The van der Waals surface area contributed by atoms with Gasteiger partial charge in [-0.3, -0.25) is 0 Å². The van der Waals surface area contributed by atoms with E-state index in [0.29, 0.717) is 10.6 Å². The molecule has 0 unspecified atom stereocenters. The first kappa shape index (κ1) is 17.2. The molecule has 0 aliphatic carbocycles. The Morgan fingerprint density at radius 1 is 1.12 bits per heavy atom. The molecule has 3 rings (SSSR count). The summed E-state index contributed by atoms with van der Waals surface area (Å²) >= 11 is 1.39. The van der Waals surface area contributed by atoms with Crippen molar-refractivity contribution in [3.8, 4) is 17.3 Å². The van der Waals surface area contributed by atoms with Gasteiger partial charge >= 0.3 is 0 Å². The zero-order chi connectivity index (χ0) is 17.8. The minimum atomic E-state index is 0.614. The Labute approximate surface area is 151 Å². The Kier molecular flexibility index (Phi) is 5.15. The smallest absolute Gasteiger partial charge is 0.174 e. The Balaban J connectivity index is 1.99. The molecule has 0 saturated carbocycles. The highest BCUT2D eigenvalue weighted by molar-refractivity contribution is 7.99. The first-order valence-electron chi connectivity index (χ1n) is 8.23. The Morgan fingerprint density at radius 3 is 2.52 bits per heavy atom. The highest BCUT2D eigenvalue weighted by Gasteiger charge is 2.18. The van der Waals surface area contributed by atoms with Crippen LogP contribution < -0.4 is 0 Å². The third-order valence-electron chi connectivity index (χ3n) is 4.13. The maximum absolute atomic E-state index is 9.62. The molecule has 2 aromatic heterocycles. The number of hydrogen-bond donors (Lipinski definition) is 0. The fraction of sp³-hybridized carbons (Fsp3) is 0.263. The molecule has 0 amide bonds. The van der Waals surface area contributed by atoms with Crippen LogP contribution in [0.25, 0.3) is 11.3 Å². The summed E-state index contributed by atoms with van der Waals surface area (Å²) in [5, 5.41) is 19.6. The van der Waals surface area contributed by atoms with Gasteiger partial charge in [-0.1, -0.05) is 44.2 Å². The summed E-state index contributed by atoms with van der Waals surface area (Å²) in [5.74, 6) is 0. The second-order valence-electron chi connectivity index (χ2n) is 5.58. The molecular formula is C19H19N5S. The molecule has 0 atom stereocenters. The molecule has 25 heavy (non-hydrogen) atoms. The van der Waals surface area contributed by atoms with Gasteiger partial charge in [-0.2, -0.15) is 10.4 Å². The topological polar surface area (TPSA) is 67.4 Å². The van der Waals surface area contributed by atoms with Gasteiger partial charge in [-0.05, 0) is 35.7 Å². The van der Waals surface area contributed by atoms with Gasteiger partial charge in [0.15, 0.2) is 5.16 Å². The van der Waals surface area contributed by atoms with E-state index in [9.17, 15) is 5.26 Å². The fourth-order valence-electron chi connectivity index (χ4n) is 2.79. The van der Waals surface area contributed by atoms with Gasteiger partial charge in [-0.25, -0.2) is 4.98 Å². The van der Waals surface area contributed by atoms with E-state index in [1.165, 1.54) is 11.8 Å². The fourth-order valence-corrected chi connectivity index (χ4v) is 3.66. The Bertz CT molecular complexity index is 925. The number of aromatic nitrogens is 4. The molecule has 0 aliphatic heterocycles. The van der Waals surface area contributed by atoms with Crippen LogP contribution in [-0.2, 0) is 19.9 Å². The first-order valence-corrected chi connectivity index (χ1v) is 9.04. The van der Waals surface area contributed by atoms with E-state index in [0.717, 1.165) is 40.5 Å². The molecule has 1 aromatic carbocycles.